The van der Waals surface area contributed by atoms with Crippen molar-refractivity contribution in [3.05, 3.63) is 82.4 Å². The minimum atomic E-state index is -0.120. The number of hydrogen-bond donors (Lipinski definition) is 0. The van der Waals surface area contributed by atoms with Crippen molar-refractivity contribution < 1.29 is 9.21 Å². The summed E-state index contributed by atoms with van der Waals surface area (Å²) in [7, 11) is 1.73. The summed E-state index contributed by atoms with van der Waals surface area (Å²) in [5.41, 5.74) is 2.91. The molecule has 0 atom stereocenters. The van der Waals surface area contributed by atoms with Crippen LogP contribution in [0.3, 0.4) is 0 Å². The first-order chi connectivity index (χ1) is 15.5. The monoisotopic (exact) mass is 465 g/mol. The first-order valence-electron chi connectivity index (χ1n) is 10.1. The van der Waals surface area contributed by atoms with Crippen molar-refractivity contribution in [2.75, 3.05) is 12.8 Å². The third-order valence-electron chi connectivity index (χ3n) is 5.06. The number of benzene rings is 1. The third-order valence-corrected chi connectivity index (χ3v) is 6.89. The molecule has 1 amide bonds. The normalized spacial score (nSPS) is 11.1. The molecule has 0 saturated carbocycles. The molecule has 0 aliphatic heterocycles. The van der Waals surface area contributed by atoms with Crippen LogP contribution in [0.2, 0.25) is 0 Å². The Kier molecular flexibility index (Phi) is 6.62. The fraction of sp³-hybridized carbons (Fsp3) is 0.208. The van der Waals surface area contributed by atoms with Crippen LogP contribution in [0.15, 0.2) is 75.1 Å². The second kappa shape index (κ2) is 9.58. The molecule has 32 heavy (non-hydrogen) atoms. The standard InChI is InChI=1S/C24H23N3O3S2/c1-4-11-27-23(29)21-19(17-9-7-16(2)8-10-17)14-31-22(21)25-24(27)32-15-20(28)26(3)13-18-6-5-12-30-18/h4-10,12,14H,1,11,13,15H2,2-3H3. The molecule has 8 heteroatoms. The Morgan fingerprint density at radius 2 is 2.09 bits per heavy atom. The van der Waals surface area contributed by atoms with Crippen molar-refractivity contribution in [1.82, 2.24) is 14.5 Å². The molecule has 0 fully saturated rings. The number of rotatable bonds is 8. The molecule has 0 spiro atoms. The van der Waals surface area contributed by atoms with Gasteiger partial charge in [0, 0.05) is 24.5 Å². The molecule has 0 aliphatic rings. The van der Waals surface area contributed by atoms with Crippen LogP contribution in [0.1, 0.15) is 11.3 Å². The number of nitrogens with zero attached hydrogens (tertiary/aromatic N) is 3. The molecular weight excluding hydrogens is 442 g/mol. The predicted octanol–water partition coefficient (Wildman–Crippen LogP) is 4.96. The van der Waals surface area contributed by atoms with Crippen LogP contribution in [0.4, 0.5) is 0 Å². The molecular formula is C24H23N3O3S2. The van der Waals surface area contributed by atoms with E-state index in [4.69, 9.17) is 9.40 Å². The number of furan rings is 1. The minimum Gasteiger partial charge on any atom is -0.467 e. The summed E-state index contributed by atoms with van der Waals surface area (Å²) in [6.07, 6.45) is 3.25. The van der Waals surface area contributed by atoms with Gasteiger partial charge in [-0.3, -0.25) is 14.2 Å². The van der Waals surface area contributed by atoms with Gasteiger partial charge in [0.2, 0.25) is 5.91 Å². The Labute approximate surface area is 194 Å². The molecule has 164 valence electrons. The highest BCUT2D eigenvalue weighted by molar-refractivity contribution is 7.99. The molecule has 0 aliphatic carbocycles. The summed E-state index contributed by atoms with van der Waals surface area (Å²) in [5.74, 6) is 0.816. The molecule has 6 nitrogen and oxygen atoms in total. The van der Waals surface area contributed by atoms with E-state index in [0.717, 1.165) is 22.5 Å². The van der Waals surface area contributed by atoms with E-state index in [0.29, 0.717) is 28.5 Å². The number of hydrogen-bond acceptors (Lipinski definition) is 6. The smallest absolute Gasteiger partial charge is 0.263 e. The predicted molar refractivity (Wildman–Crippen MR) is 130 cm³/mol. The summed E-state index contributed by atoms with van der Waals surface area (Å²) < 4.78 is 6.90. The van der Waals surface area contributed by atoms with Gasteiger partial charge in [-0.15, -0.1) is 17.9 Å². The van der Waals surface area contributed by atoms with Crippen LogP contribution < -0.4 is 5.56 Å². The summed E-state index contributed by atoms with van der Waals surface area (Å²) in [6, 6.07) is 11.7. The topological polar surface area (TPSA) is 68.3 Å². The Morgan fingerprint density at radius 3 is 2.78 bits per heavy atom. The Balaban J connectivity index is 1.62. The Morgan fingerprint density at radius 1 is 1.31 bits per heavy atom. The zero-order valence-electron chi connectivity index (χ0n) is 17.9. The largest absolute Gasteiger partial charge is 0.467 e. The van der Waals surface area contributed by atoms with E-state index in [2.05, 4.69) is 6.58 Å². The van der Waals surface area contributed by atoms with Crippen molar-refractivity contribution in [2.24, 2.45) is 0 Å². The lowest BCUT2D eigenvalue weighted by Crippen LogP contribution is -2.28. The first-order valence-corrected chi connectivity index (χ1v) is 11.9. The van der Waals surface area contributed by atoms with E-state index in [9.17, 15) is 9.59 Å². The maximum atomic E-state index is 13.4. The third kappa shape index (κ3) is 4.56. The van der Waals surface area contributed by atoms with Gasteiger partial charge in [0.1, 0.15) is 10.6 Å². The van der Waals surface area contributed by atoms with Gasteiger partial charge >= 0.3 is 0 Å². The van der Waals surface area contributed by atoms with Crippen LogP contribution in [-0.4, -0.2) is 33.2 Å². The zero-order chi connectivity index (χ0) is 22.7. The highest BCUT2D eigenvalue weighted by atomic mass is 32.2. The average Bonchev–Trinajstić information content (AvgIpc) is 3.45. The summed E-state index contributed by atoms with van der Waals surface area (Å²) >= 11 is 2.70. The number of carbonyl (C=O) groups excluding carboxylic acids is 1. The number of amides is 1. The van der Waals surface area contributed by atoms with Gasteiger partial charge < -0.3 is 9.32 Å². The lowest BCUT2D eigenvalue weighted by Gasteiger charge is -2.16. The van der Waals surface area contributed by atoms with Crippen LogP contribution in [0, 0.1) is 6.92 Å². The number of fused-ring (bicyclic) bond motifs is 1. The van der Waals surface area contributed by atoms with E-state index >= 15 is 0 Å². The lowest BCUT2D eigenvalue weighted by atomic mass is 10.1. The van der Waals surface area contributed by atoms with Crippen molar-refractivity contribution in [2.45, 2.75) is 25.2 Å². The van der Waals surface area contributed by atoms with Gasteiger partial charge in [-0.2, -0.15) is 0 Å². The lowest BCUT2D eigenvalue weighted by molar-refractivity contribution is -0.127. The molecule has 4 aromatic rings. The number of thioether (sulfide) groups is 1. The molecule has 0 bridgehead atoms. The van der Waals surface area contributed by atoms with Gasteiger partial charge in [0.05, 0.1) is 23.9 Å². The molecule has 3 aromatic heterocycles. The van der Waals surface area contributed by atoms with Gasteiger partial charge in [-0.05, 0) is 24.6 Å². The van der Waals surface area contributed by atoms with Gasteiger partial charge in [-0.1, -0.05) is 47.7 Å². The van der Waals surface area contributed by atoms with Gasteiger partial charge in [-0.25, -0.2) is 4.98 Å². The first kappa shape index (κ1) is 22.1. The minimum absolute atomic E-state index is 0.0718. The molecule has 0 N–H and O–H groups in total. The molecule has 0 unspecified atom stereocenters. The Bertz CT molecular complexity index is 1310. The highest BCUT2D eigenvalue weighted by Crippen LogP contribution is 2.32. The maximum absolute atomic E-state index is 13.4. The Hall–Kier alpha value is -3.10. The van der Waals surface area contributed by atoms with E-state index in [1.165, 1.54) is 23.1 Å². The molecule has 3 heterocycles. The van der Waals surface area contributed by atoms with Gasteiger partial charge in [0.25, 0.3) is 5.56 Å². The van der Waals surface area contributed by atoms with Crippen LogP contribution in [0.25, 0.3) is 21.3 Å². The number of aryl methyl sites for hydroxylation is 1. The van der Waals surface area contributed by atoms with E-state index in [1.807, 2.05) is 42.6 Å². The highest BCUT2D eigenvalue weighted by Gasteiger charge is 2.19. The second-order valence-electron chi connectivity index (χ2n) is 7.41. The quantitative estimate of drug-likeness (QED) is 0.209. The second-order valence-corrected chi connectivity index (χ2v) is 9.21. The van der Waals surface area contributed by atoms with Crippen molar-refractivity contribution >= 4 is 39.2 Å². The fourth-order valence-corrected chi connectivity index (χ4v) is 5.25. The van der Waals surface area contributed by atoms with Crippen LogP contribution >= 0.6 is 23.1 Å². The zero-order valence-corrected chi connectivity index (χ0v) is 19.5. The summed E-state index contributed by atoms with van der Waals surface area (Å²) in [5, 5.41) is 3.09. The average molecular weight is 466 g/mol. The molecule has 0 saturated heterocycles. The van der Waals surface area contributed by atoms with Crippen LogP contribution in [0.5, 0.6) is 0 Å². The number of thiophene rings is 1. The number of aromatic nitrogens is 2. The summed E-state index contributed by atoms with van der Waals surface area (Å²) in [6.45, 7) is 6.53. The SMILES string of the molecule is C=CCn1c(SCC(=O)N(C)Cc2ccco2)nc2scc(-c3ccc(C)cc3)c2c1=O. The number of carbonyl (C=O) groups is 1. The molecule has 0 radical (unpaired) electrons. The maximum Gasteiger partial charge on any atom is 0.263 e. The van der Waals surface area contributed by atoms with Crippen molar-refractivity contribution in [3.8, 4) is 11.1 Å². The van der Waals surface area contributed by atoms with Crippen molar-refractivity contribution in [1.29, 1.82) is 0 Å². The van der Waals surface area contributed by atoms with Gasteiger partial charge in [0.15, 0.2) is 5.16 Å². The van der Waals surface area contributed by atoms with Crippen LogP contribution in [-0.2, 0) is 17.9 Å². The number of allylic oxidation sites excluding steroid dienone is 1. The van der Waals surface area contributed by atoms with E-state index < -0.39 is 0 Å². The molecule has 4 rings (SSSR count). The van der Waals surface area contributed by atoms with E-state index in [1.54, 1.807) is 34.9 Å². The fourth-order valence-electron chi connectivity index (χ4n) is 3.31. The summed E-state index contributed by atoms with van der Waals surface area (Å²) in [4.78, 5) is 33.0. The molecule has 1 aromatic carbocycles. The van der Waals surface area contributed by atoms with E-state index in [-0.39, 0.29) is 17.2 Å². The van der Waals surface area contributed by atoms with Crippen molar-refractivity contribution in [3.63, 3.8) is 0 Å².